The van der Waals surface area contributed by atoms with Gasteiger partial charge < -0.3 is 14.2 Å². The highest BCUT2D eigenvalue weighted by Crippen LogP contribution is 2.33. The Morgan fingerprint density at radius 2 is 1.73 bits per heavy atom. The summed E-state index contributed by atoms with van der Waals surface area (Å²) in [5.74, 6) is 1.92. The lowest BCUT2D eigenvalue weighted by atomic mass is 10.1. The highest BCUT2D eigenvalue weighted by Gasteiger charge is 2.34. The molecule has 0 radical (unpaired) electrons. The summed E-state index contributed by atoms with van der Waals surface area (Å²) >= 11 is 6.29. The van der Waals surface area contributed by atoms with Gasteiger partial charge in [0.15, 0.2) is 0 Å². The molecule has 1 amide bonds. The molecule has 1 atom stereocenters. The number of rotatable bonds is 6. The second-order valence-corrected chi connectivity index (χ2v) is 8.95. The Balaban J connectivity index is 1.40. The monoisotopic (exact) mass is 459 g/mol. The molecule has 1 unspecified atom stereocenters. The van der Waals surface area contributed by atoms with Gasteiger partial charge >= 0.3 is 0 Å². The zero-order valence-electron chi connectivity index (χ0n) is 18.8. The van der Waals surface area contributed by atoms with Crippen molar-refractivity contribution in [2.24, 2.45) is 0 Å². The topological polar surface area (TPSA) is 47.4 Å². The van der Waals surface area contributed by atoms with E-state index >= 15 is 0 Å². The molecule has 1 aliphatic heterocycles. The van der Waals surface area contributed by atoms with E-state index in [9.17, 15) is 4.79 Å². The molecule has 0 bridgehead atoms. The SMILES string of the molecule is Cc1cc(OCCn2c(C3CC(=O)N(c4ccccc4)C3)nc3ccccc32)cc(C)c1Cl. The number of hydrogen-bond acceptors (Lipinski definition) is 3. The number of benzene rings is 3. The molecule has 1 aliphatic rings. The number of fused-ring (bicyclic) bond motifs is 1. The number of hydrogen-bond donors (Lipinski definition) is 0. The van der Waals surface area contributed by atoms with Crippen molar-refractivity contribution in [2.45, 2.75) is 32.7 Å². The number of nitrogens with zero attached hydrogens (tertiary/aromatic N) is 3. The average molecular weight is 460 g/mol. The standard InChI is InChI=1S/C27H26ClN3O2/c1-18-14-22(15-19(2)26(18)28)33-13-12-30-24-11-7-6-10-23(24)29-27(30)20-16-25(32)31(17-20)21-8-4-3-5-9-21/h3-11,14-15,20H,12-13,16-17H2,1-2H3. The van der Waals surface area contributed by atoms with Gasteiger partial charge in [-0.15, -0.1) is 0 Å². The minimum Gasteiger partial charge on any atom is -0.492 e. The number of carbonyl (C=O) groups is 1. The van der Waals surface area contributed by atoms with Crippen LogP contribution in [-0.4, -0.2) is 28.6 Å². The quantitative estimate of drug-likeness (QED) is 0.360. The molecule has 0 N–H and O–H groups in total. The maximum atomic E-state index is 12.8. The summed E-state index contributed by atoms with van der Waals surface area (Å²) in [7, 11) is 0. The number of amides is 1. The summed E-state index contributed by atoms with van der Waals surface area (Å²) in [6.07, 6.45) is 0.453. The third-order valence-electron chi connectivity index (χ3n) is 6.24. The van der Waals surface area contributed by atoms with E-state index in [1.165, 1.54) is 0 Å². The first-order chi connectivity index (χ1) is 16.0. The summed E-state index contributed by atoms with van der Waals surface area (Å²) < 4.78 is 8.30. The van der Waals surface area contributed by atoms with Crippen LogP contribution in [0.15, 0.2) is 66.7 Å². The molecule has 0 saturated carbocycles. The minimum absolute atomic E-state index is 0.0325. The van der Waals surface area contributed by atoms with E-state index in [2.05, 4.69) is 10.6 Å². The molecule has 6 heteroatoms. The Morgan fingerprint density at radius 3 is 2.48 bits per heavy atom. The molecule has 4 aromatic rings. The van der Waals surface area contributed by atoms with Crippen LogP contribution in [0, 0.1) is 13.8 Å². The van der Waals surface area contributed by atoms with E-state index in [1.807, 2.05) is 79.4 Å². The molecule has 168 valence electrons. The first-order valence-electron chi connectivity index (χ1n) is 11.2. The molecule has 33 heavy (non-hydrogen) atoms. The van der Waals surface area contributed by atoms with Gasteiger partial charge in [-0.05, 0) is 61.4 Å². The largest absolute Gasteiger partial charge is 0.492 e. The normalized spacial score (nSPS) is 16.0. The Hall–Kier alpha value is -3.31. The highest BCUT2D eigenvalue weighted by atomic mass is 35.5. The van der Waals surface area contributed by atoms with Crippen LogP contribution in [0.5, 0.6) is 5.75 Å². The molecular weight excluding hydrogens is 434 g/mol. The lowest BCUT2D eigenvalue weighted by Crippen LogP contribution is -2.24. The lowest BCUT2D eigenvalue weighted by molar-refractivity contribution is -0.117. The van der Waals surface area contributed by atoms with Crippen LogP contribution in [0.25, 0.3) is 11.0 Å². The minimum atomic E-state index is 0.0325. The number of halogens is 1. The van der Waals surface area contributed by atoms with Gasteiger partial charge in [-0.3, -0.25) is 4.79 Å². The number of carbonyl (C=O) groups excluding carboxylic acids is 1. The molecule has 1 saturated heterocycles. The molecule has 0 aliphatic carbocycles. The molecule has 0 spiro atoms. The van der Waals surface area contributed by atoms with Gasteiger partial charge in [0.05, 0.1) is 17.6 Å². The van der Waals surface area contributed by atoms with Crippen LogP contribution in [0.4, 0.5) is 5.69 Å². The molecule has 5 rings (SSSR count). The van der Waals surface area contributed by atoms with Crippen molar-refractivity contribution in [2.75, 3.05) is 18.1 Å². The van der Waals surface area contributed by atoms with Crippen molar-refractivity contribution in [3.8, 4) is 5.75 Å². The van der Waals surface area contributed by atoms with Crippen molar-refractivity contribution in [3.05, 3.63) is 88.7 Å². The first kappa shape index (κ1) is 21.5. The van der Waals surface area contributed by atoms with E-state index in [-0.39, 0.29) is 11.8 Å². The summed E-state index contributed by atoms with van der Waals surface area (Å²) in [5, 5.41) is 0.777. The Morgan fingerprint density at radius 1 is 1.03 bits per heavy atom. The van der Waals surface area contributed by atoms with E-state index in [4.69, 9.17) is 21.3 Å². The molecule has 2 heterocycles. The number of anilines is 1. The van der Waals surface area contributed by atoms with Crippen LogP contribution in [0.3, 0.4) is 0 Å². The fourth-order valence-electron chi connectivity index (χ4n) is 4.62. The average Bonchev–Trinajstić information content (AvgIpc) is 3.38. The molecule has 1 aromatic heterocycles. The van der Waals surface area contributed by atoms with Crippen LogP contribution in [0.1, 0.15) is 29.3 Å². The third-order valence-corrected chi connectivity index (χ3v) is 6.83. The Labute approximate surface area is 198 Å². The van der Waals surface area contributed by atoms with Crippen LogP contribution >= 0.6 is 11.6 Å². The molecule has 1 fully saturated rings. The van der Waals surface area contributed by atoms with E-state index in [0.29, 0.717) is 26.1 Å². The van der Waals surface area contributed by atoms with Crippen LogP contribution in [0.2, 0.25) is 5.02 Å². The van der Waals surface area contributed by atoms with Gasteiger partial charge in [-0.25, -0.2) is 4.98 Å². The van der Waals surface area contributed by atoms with Crippen LogP contribution in [-0.2, 0) is 11.3 Å². The van der Waals surface area contributed by atoms with Crippen LogP contribution < -0.4 is 9.64 Å². The van der Waals surface area contributed by atoms with Crippen molar-refractivity contribution in [3.63, 3.8) is 0 Å². The molecular formula is C27H26ClN3O2. The summed E-state index contributed by atoms with van der Waals surface area (Å²) in [6, 6.07) is 21.9. The zero-order chi connectivity index (χ0) is 22.9. The second kappa shape index (κ2) is 8.91. The highest BCUT2D eigenvalue weighted by molar-refractivity contribution is 6.32. The van der Waals surface area contributed by atoms with Crippen molar-refractivity contribution in [1.82, 2.24) is 9.55 Å². The van der Waals surface area contributed by atoms with Crippen molar-refractivity contribution < 1.29 is 9.53 Å². The molecule has 3 aromatic carbocycles. The molecule has 5 nitrogen and oxygen atoms in total. The summed E-state index contributed by atoms with van der Waals surface area (Å²) in [5.41, 5.74) is 4.95. The van der Waals surface area contributed by atoms with E-state index in [0.717, 1.165) is 44.4 Å². The van der Waals surface area contributed by atoms with Gasteiger partial charge in [-0.2, -0.15) is 0 Å². The zero-order valence-corrected chi connectivity index (χ0v) is 19.5. The summed E-state index contributed by atoms with van der Waals surface area (Å²) in [6.45, 7) is 5.74. The predicted octanol–water partition coefficient (Wildman–Crippen LogP) is 5.91. The second-order valence-electron chi connectivity index (χ2n) is 8.57. The smallest absolute Gasteiger partial charge is 0.227 e. The number of para-hydroxylation sites is 3. The lowest BCUT2D eigenvalue weighted by Gasteiger charge is -2.17. The number of aromatic nitrogens is 2. The van der Waals surface area contributed by atoms with Gasteiger partial charge in [0, 0.05) is 29.6 Å². The Bertz CT molecular complexity index is 1290. The van der Waals surface area contributed by atoms with E-state index in [1.54, 1.807) is 0 Å². The summed E-state index contributed by atoms with van der Waals surface area (Å²) in [4.78, 5) is 19.6. The van der Waals surface area contributed by atoms with E-state index < -0.39 is 0 Å². The fraction of sp³-hybridized carbons (Fsp3) is 0.259. The number of imidazole rings is 1. The van der Waals surface area contributed by atoms with Gasteiger partial charge in [0.1, 0.15) is 18.2 Å². The number of aryl methyl sites for hydroxylation is 2. The first-order valence-corrected chi connectivity index (χ1v) is 11.6. The third kappa shape index (κ3) is 4.21. The van der Waals surface area contributed by atoms with Gasteiger partial charge in [-0.1, -0.05) is 41.9 Å². The maximum Gasteiger partial charge on any atom is 0.227 e. The maximum absolute atomic E-state index is 12.8. The number of ether oxygens (including phenoxy) is 1. The Kier molecular flexibility index (Phi) is 5.81. The predicted molar refractivity (Wildman–Crippen MR) is 132 cm³/mol. The van der Waals surface area contributed by atoms with Gasteiger partial charge in [0.2, 0.25) is 5.91 Å². The van der Waals surface area contributed by atoms with Crippen molar-refractivity contribution >= 4 is 34.2 Å². The fourth-order valence-corrected chi connectivity index (χ4v) is 4.73. The van der Waals surface area contributed by atoms with Crippen molar-refractivity contribution in [1.29, 1.82) is 0 Å². The van der Waals surface area contributed by atoms with Gasteiger partial charge in [0.25, 0.3) is 0 Å².